The van der Waals surface area contributed by atoms with Crippen molar-refractivity contribution in [3.63, 3.8) is 0 Å². The highest BCUT2D eigenvalue weighted by atomic mass is 16.7. The second-order valence-electron chi connectivity index (χ2n) is 4.81. The van der Waals surface area contributed by atoms with Crippen molar-refractivity contribution in [2.24, 2.45) is 11.8 Å². The number of rotatable bonds is 1. The highest BCUT2D eigenvalue weighted by Crippen LogP contribution is 2.36. The summed E-state index contributed by atoms with van der Waals surface area (Å²) in [5, 5.41) is 0. The molecule has 0 spiro atoms. The van der Waals surface area contributed by atoms with Crippen molar-refractivity contribution in [3.8, 4) is 0 Å². The SMILES string of the molecule is C/C=C1/OC(=O)O[C@@H](C2CCCCC2)[C@@H]1C. The van der Waals surface area contributed by atoms with Crippen molar-refractivity contribution in [1.82, 2.24) is 0 Å². The first-order valence-electron chi connectivity index (χ1n) is 6.27. The summed E-state index contributed by atoms with van der Waals surface area (Å²) in [6.45, 7) is 3.99. The quantitative estimate of drug-likeness (QED) is 0.638. The maximum atomic E-state index is 11.3. The number of allylic oxidation sites excluding steroid dienone is 1. The van der Waals surface area contributed by atoms with E-state index in [9.17, 15) is 4.79 Å². The number of hydrogen-bond donors (Lipinski definition) is 0. The molecule has 2 atom stereocenters. The lowest BCUT2D eigenvalue weighted by Crippen LogP contribution is -2.39. The molecule has 3 nitrogen and oxygen atoms in total. The monoisotopic (exact) mass is 224 g/mol. The van der Waals surface area contributed by atoms with Crippen LogP contribution in [-0.4, -0.2) is 12.3 Å². The van der Waals surface area contributed by atoms with E-state index in [0.29, 0.717) is 5.92 Å². The summed E-state index contributed by atoms with van der Waals surface area (Å²) >= 11 is 0. The molecule has 0 aromatic heterocycles. The van der Waals surface area contributed by atoms with Crippen LogP contribution in [0, 0.1) is 11.8 Å². The number of carbonyl (C=O) groups excluding carboxylic acids is 1. The summed E-state index contributed by atoms with van der Waals surface area (Å²) < 4.78 is 10.4. The van der Waals surface area contributed by atoms with Crippen LogP contribution in [0.2, 0.25) is 0 Å². The first kappa shape index (κ1) is 11.5. The zero-order chi connectivity index (χ0) is 11.5. The molecule has 2 rings (SSSR count). The van der Waals surface area contributed by atoms with Crippen molar-refractivity contribution in [2.75, 3.05) is 0 Å². The Morgan fingerprint density at radius 2 is 1.94 bits per heavy atom. The molecule has 2 aliphatic rings. The Morgan fingerprint density at radius 3 is 2.56 bits per heavy atom. The van der Waals surface area contributed by atoms with Crippen molar-refractivity contribution >= 4 is 6.16 Å². The van der Waals surface area contributed by atoms with Gasteiger partial charge < -0.3 is 9.47 Å². The molecule has 1 heterocycles. The van der Waals surface area contributed by atoms with E-state index in [1.807, 2.05) is 13.0 Å². The molecule has 0 aromatic carbocycles. The van der Waals surface area contributed by atoms with Crippen LogP contribution >= 0.6 is 0 Å². The van der Waals surface area contributed by atoms with Crippen LogP contribution < -0.4 is 0 Å². The predicted molar refractivity (Wildman–Crippen MR) is 60.9 cm³/mol. The number of carbonyl (C=O) groups is 1. The van der Waals surface area contributed by atoms with Gasteiger partial charge in [-0.05, 0) is 31.8 Å². The van der Waals surface area contributed by atoms with Crippen molar-refractivity contribution in [1.29, 1.82) is 0 Å². The Labute approximate surface area is 96.8 Å². The smallest absolute Gasteiger partial charge is 0.430 e. The molecule has 1 saturated carbocycles. The molecule has 16 heavy (non-hydrogen) atoms. The van der Waals surface area contributed by atoms with Gasteiger partial charge in [0.05, 0.1) is 5.92 Å². The topological polar surface area (TPSA) is 35.5 Å². The van der Waals surface area contributed by atoms with Crippen LogP contribution in [0.15, 0.2) is 11.8 Å². The lowest BCUT2D eigenvalue weighted by atomic mass is 9.80. The van der Waals surface area contributed by atoms with Crippen molar-refractivity contribution in [2.45, 2.75) is 52.1 Å². The number of hydrogen-bond acceptors (Lipinski definition) is 3. The van der Waals surface area contributed by atoms with Crippen LogP contribution in [0.5, 0.6) is 0 Å². The van der Waals surface area contributed by atoms with Gasteiger partial charge in [0.2, 0.25) is 0 Å². The van der Waals surface area contributed by atoms with Gasteiger partial charge in [0.1, 0.15) is 11.9 Å². The third-order valence-electron chi connectivity index (χ3n) is 3.77. The van der Waals surface area contributed by atoms with Crippen molar-refractivity contribution < 1.29 is 14.3 Å². The zero-order valence-corrected chi connectivity index (χ0v) is 10.1. The number of ether oxygens (including phenoxy) is 2. The molecule has 90 valence electrons. The lowest BCUT2D eigenvalue weighted by molar-refractivity contribution is -0.0532. The van der Waals surface area contributed by atoms with E-state index in [2.05, 4.69) is 6.92 Å². The fraction of sp³-hybridized carbons (Fsp3) is 0.769. The highest BCUT2D eigenvalue weighted by molar-refractivity contribution is 5.63. The molecule has 0 bridgehead atoms. The van der Waals surface area contributed by atoms with Gasteiger partial charge in [-0.1, -0.05) is 26.2 Å². The van der Waals surface area contributed by atoms with Gasteiger partial charge in [-0.3, -0.25) is 0 Å². The summed E-state index contributed by atoms with van der Waals surface area (Å²) in [6, 6.07) is 0. The molecule has 1 aliphatic heterocycles. The minimum atomic E-state index is -0.526. The first-order valence-corrected chi connectivity index (χ1v) is 6.27. The van der Waals surface area contributed by atoms with Gasteiger partial charge in [-0.25, -0.2) is 4.79 Å². The van der Waals surface area contributed by atoms with Gasteiger partial charge in [0, 0.05) is 0 Å². The molecule has 0 amide bonds. The molecule has 0 N–H and O–H groups in total. The van der Waals surface area contributed by atoms with E-state index >= 15 is 0 Å². The molecular formula is C13H20O3. The Morgan fingerprint density at radius 1 is 1.25 bits per heavy atom. The largest absolute Gasteiger partial charge is 0.513 e. The molecule has 2 fully saturated rings. The molecule has 1 aliphatic carbocycles. The average Bonchev–Trinajstić information content (AvgIpc) is 2.33. The fourth-order valence-corrected chi connectivity index (χ4v) is 2.88. The maximum absolute atomic E-state index is 11.3. The molecule has 3 heteroatoms. The summed E-state index contributed by atoms with van der Waals surface area (Å²) in [6.07, 6.45) is 7.57. The third kappa shape index (κ3) is 2.23. The minimum absolute atomic E-state index is 0.0211. The van der Waals surface area contributed by atoms with E-state index in [4.69, 9.17) is 9.47 Å². The van der Waals surface area contributed by atoms with Crippen LogP contribution in [0.3, 0.4) is 0 Å². The minimum Gasteiger partial charge on any atom is -0.430 e. The second-order valence-corrected chi connectivity index (χ2v) is 4.81. The van der Waals surface area contributed by atoms with Gasteiger partial charge in [0.25, 0.3) is 0 Å². The normalized spacial score (nSPS) is 34.6. The molecule has 0 aromatic rings. The van der Waals surface area contributed by atoms with Gasteiger partial charge in [-0.2, -0.15) is 0 Å². The Kier molecular flexibility index (Phi) is 3.52. The number of cyclic esters (lactones) is 2. The summed E-state index contributed by atoms with van der Waals surface area (Å²) in [4.78, 5) is 11.3. The summed E-state index contributed by atoms with van der Waals surface area (Å²) in [7, 11) is 0. The Balaban J connectivity index is 2.09. The van der Waals surface area contributed by atoms with Crippen LogP contribution in [0.4, 0.5) is 4.79 Å². The van der Waals surface area contributed by atoms with Crippen molar-refractivity contribution in [3.05, 3.63) is 11.8 Å². The van der Waals surface area contributed by atoms with Crippen LogP contribution in [0.25, 0.3) is 0 Å². The Bertz CT molecular complexity index is 290. The van der Waals surface area contributed by atoms with Gasteiger partial charge in [0.15, 0.2) is 0 Å². The summed E-state index contributed by atoms with van der Waals surface area (Å²) in [5.74, 6) is 1.49. The summed E-state index contributed by atoms with van der Waals surface area (Å²) in [5.41, 5.74) is 0. The first-order chi connectivity index (χ1) is 7.72. The van der Waals surface area contributed by atoms with Gasteiger partial charge in [-0.15, -0.1) is 0 Å². The van der Waals surface area contributed by atoms with Crippen LogP contribution in [0.1, 0.15) is 46.0 Å². The average molecular weight is 224 g/mol. The van der Waals surface area contributed by atoms with E-state index in [-0.39, 0.29) is 12.0 Å². The van der Waals surface area contributed by atoms with E-state index < -0.39 is 6.16 Å². The van der Waals surface area contributed by atoms with Gasteiger partial charge >= 0.3 is 6.16 Å². The van der Waals surface area contributed by atoms with E-state index in [0.717, 1.165) is 5.76 Å². The standard InChI is InChI=1S/C13H20O3/c1-3-11-9(2)12(16-13(14)15-11)10-7-5-4-6-8-10/h3,9-10,12H,4-8H2,1-2H3/b11-3+/t9-,12-/m1/s1. The fourth-order valence-electron chi connectivity index (χ4n) is 2.88. The molecular weight excluding hydrogens is 204 g/mol. The van der Waals surface area contributed by atoms with Crippen LogP contribution in [-0.2, 0) is 9.47 Å². The highest BCUT2D eigenvalue weighted by Gasteiger charge is 2.38. The zero-order valence-electron chi connectivity index (χ0n) is 10.1. The Hall–Kier alpha value is -0.990. The lowest BCUT2D eigenvalue weighted by Gasteiger charge is -2.37. The molecule has 0 radical (unpaired) electrons. The van der Waals surface area contributed by atoms with E-state index in [1.54, 1.807) is 0 Å². The predicted octanol–water partition coefficient (Wildman–Crippen LogP) is 3.64. The maximum Gasteiger partial charge on any atom is 0.513 e. The third-order valence-corrected chi connectivity index (χ3v) is 3.77. The molecule has 0 unspecified atom stereocenters. The second kappa shape index (κ2) is 4.89. The molecule has 1 saturated heterocycles. The van der Waals surface area contributed by atoms with E-state index in [1.165, 1.54) is 32.1 Å².